The molecule has 3 N–H and O–H groups in total. The molecule has 6 heteroatoms. The molecule has 6 nitrogen and oxygen atoms in total. The average Bonchev–Trinajstić information content (AvgIpc) is 2.16. The number of amides is 2. The van der Waals surface area contributed by atoms with Gasteiger partial charge in [-0.1, -0.05) is 0 Å². The molecule has 0 fully saturated rings. The van der Waals surface area contributed by atoms with Gasteiger partial charge in [0.25, 0.3) is 0 Å². The van der Waals surface area contributed by atoms with E-state index in [4.69, 9.17) is 5.11 Å². The molecule has 0 atom stereocenters. The number of carboxylic acids is 1. The summed E-state index contributed by atoms with van der Waals surface area (Å²) in [6.07, 6.45) is 0.566. The first kappa shape index (κ1) is 12.2. The quantitative estimate of drug-likeness (QED) is 0.501. The molecule has 0 aliphatic rings. The van der Waals surface area contributed by atoms with Crippen molar-refractivity contribution in [3.8, 4) is 0 Å². The molecule has 0 aromatic heterocycles. The van der Waals surface area contributed by atoms with Crippen LogP contribution in [0.15, 0.2) is 11.6 Å². The first-order valence-corrected chi connectivity index (χ1v) is 3.87. The molecule has 0 saturated carbocycles. The number of rotatable bonds is 4. The summed E-state index contributed by atoms with van der Waals surface area (Å²) in [6.45, 7) is 0. The van der Waals surface area contributed by atoms with E-state index in [-0.39, 0.29) is 12.0 Å². The minimum absolute atomic E-state index is 0.247. The van der Waals surface area contributed by atoms with E-state index in [0.717, 1.165) is 6.08 Å². The van der Waals surface area contributed by atoms with Gasteiger partial charge >= 0.3 is 5.97 Å². The van der Waals surface area contributed by atoms with Crippen molar-refractivity contribution in [2.24, 2.45) is 0 Å². The highest BCUT2D eigenvalue weighted by atomic mass is 16.4. The minimum atomic E-state index is -1.28. The Kier molecular flexibility index (Phi) is 4.98. The van der Waals surface area contributed by atoms with Crippen molar-refractivity contribution in [2.75, 3.05) is 14.1 Å². The van der Waals surface area contributed by atoms with E-state index in [1.807, 2.05) is 0 Å². The Morgan fingerprint density at radius 3 is 2.14 bits per heavy atom. The van der Waals surface area contributed by atoms with Crippen molar-refractivity contribution in [3.63, 3.8) is 0 Å². The summed E-state index contributed by atoms with van der Waals surface area (Å²) < 4.78 is 0. The van der Waals surface area contributed by atoms with Crippen molar-refractivity contribution in [1.82, 2.24) is 10.6 Å². The largest absolute Gasteiger partial charge is 0.478 e. The van der Waals surface area contributed by atoms with Gasteiger partial charge < -0.3 is 15.7 Å². The SMILES string of the molecule is CNC(=O)/C=C(/CC(=O)NC)C(=O)O. The van der Waals surface area contributed by atoms with Crippen LogP contribution in [0.2, 0.25) is 0 Å². The van der Waals surface area contributed by atoms with Crippen LogP contribution in [0.5, 0.6) is 0 Å². The van der Waals surface area contributed by atoms with Gasteiger partial charge in [0.15, 0.2) is 0 Å². The van der Waals surface area contributed by atoms with Crippen LogP contribution in [0.4, 0.5) is 0 Å². The molecule has 2 amide bonds. The van der Waals surface area contributed by atoms with Gasteiger partial charge in [-0.25, -0.2) is 4.79 Å². The third kappa shape index (κ3) is 4.24. The predicted octanol–water partition coefficient (Wildman–Crippen LogP) is -1.12. The van der Waals surface area contributed by atoms with Crippen LogP contribution in [0.3, 0.4) is 0 Å². The van der Waals surface area contributed by atoms with Gasteiger partial charge in [-0.2, -0.15) is 0 Å². The summed E-state index contributed by atoms with van der Waals surface area (Å²) in [6, 6.07) is 0. The fourth-order valence-electron chi connectivity index (χ4n) is 0.680. The maximum Gasteiger partial charge on any atom is 0.332 e. The zero-order valence-electron chi connectivity index (χ0n) is 7.96. The Labute approximate surface area is 81.0 Å². The van der Waals surface area contributed by atoms with Crippen LogP contribution in [0.1, 0.15) is 6.42 Å². The summed E-state index contributed by atoms with van der Waals surface area (Å²) in [4.78, 5) is 32.2. The first-order chi connectivity index (χ1) is 6.51. The van der Waals surface area contributed by atoms with E-state index in [9.17, 15) is 14.4 Å². The summed E-state index contributed by atoms with van der Waals surface area (Å²) in [5, 5.41) is 13.1. The molecule has 0 aliphatic heterocycles. The van der Waals surface area contributed by atoms with Crippen LogP contribution in [-0.4, -0.2) is 37.0 Å². The molecule has 0 rings (SSSR count). The highest BCUT2D eigenvalue weighted by Crippen LogP contribution is 2.01. The molecule has 14 heavy (non-hydrogen) atoms. The van der Waals surface area contributed by atoms with E-state index < -0.39 is 17.8 Å². The zero-order valence-corrected chi connectivity index (χ0v) is 7.96. The molecule has 78 valence electrons. The second kappa shape index (κ2) is 5.74. The number of nitrogens with one attached hydrogen (secondary N) is 2. The second-order valence-electron chi connectivity index (χ2n) is 2.44. The maximum atomic E-state index is 10.8. The fourth-order valence-corrected chi connectivity index (χ4v) is 0.680. The lowest BCUT2D eigenvalue weighted by Gasteiger charge is -2.00. The van der Waals surface area contributed by atoms with Crippen LogP contribution in [-0.2, 0) is 14.4 Å². The van der Waals surface area contributed by atoms with E-state index in [0.29, 0.717) is 0 Å². The Balaban J connectivity index is 4.60. The molecular formula is C8H12N2O4. The van der Waals surface area contributed by atoms with Gasteiger partial charge in [0, 0.05) is 20.2 Å². The molecule has 0 saturated heterocycles. The third-order valence-corrected chi connectivity index (χ3v) is 1.46. The summed E-state index contributed by atoms with van der Waals surface area (Å²) in [7, 11) is 2.76. The van der Waals surface area contributed by atoms with Gasteiger partial charge in [-0.15, -0.1) is 0 Å². The smallest absolute Gasteiger partial charge is 0.332 e. The molecule has 0 aliphatic carbocycles. The van der Waals surface area contributed by atoms with Crippen LogP contribution >= 0.6 is 0 Å². The number of hydrogen-bond acceptors (Lipinski definition) is 3. The molecule has 0 aromatic carbocycles. The summed E-state index contributed by atoms with van der Waals surface area (Å²) in [5.41, 5.74) is -0.247. The number of carbonyl (C=O) groups excluding carboxylic acids is 2. The Hall–Kier alpha value is -1.85. The van der Waals surface area contributed by atoms with Crippen molar-refractivity contribution in [2.45, 2.75) is 6.42 Å². The molecule has 0 aromatic rings. The van der Waals surface area contributed by atoms with E-state index >= 15 is 0 Å². The lowest BCUT2D eigenvalue weighted by atomic mass is 10.1. The third-order valence-electron chi connectivity index (χ3n) is 1.46. The van der Waals surface area contributed by atoms with Gasteiger partial charge in [0.05, 0.1) is 12.0 Å². The second-order valence-corrected chi connectivity index (χ2v) is 2.44. The lowest BCUT2D eigenvalue weighted by Crippen LogP contribution is -2.22. The Morgan fingerprint density at radius 2 is 1.79 bits per heavy atom. The van der Waals surface area contributed by atoms with Gasteiger partial charge in [0.2, 0.25) is 11.8 Å². The van der Waals surface area contributed by atoms with Crippen molar-refractivity contribution in [3.05, 3.63) is 11.6 Å². The maximum absolute atomic E-state index is 10.8. The number of hydrogen-bond donors (Lipinski definition) is 3. The normalized spacial score (nSPS) is 10.6. The lowest BCUT2D eigenvalue weighted by molar-refractivity contribution is -0.134. The monoisotopic (exact) mass is 200 g/mol. The summed E-state index contributed by atoms with van der Waals surface area (Å²) in [5.74, 6) is -2.29. The van der Waals surface area contributed by atoms with Gasteiger partial charge in [-0.3, -0.25) is 9.59 Å². The Bertz CT molecular complexity index is 283. The topological polar surface area (TPSA) is 95.5 Å². The molecule has 0 heterocycles. The van der Waals surface area contributed by atoms with Crippen molar-refractivity contribution < 1.29 is 19.5 Å². The van der Waals surface area contributed by atoms with E-state index in [1.54, 1.807) is 0 Å². The predicted molar refractivity (Wildman–Crippen MR) is 48.5 cm³/mol. The number of carbonyl (C=O) groups is 3. The minimum Gasteiger partial charge on any atom is -0.478 e. The highest BCUT2D eigenvalue weighted by molar-refractivity contribution is 6.01. The van der Waals surface area contributed by atoms with Gasteiger partial charge in [0.1, 0.15) is 0 Å². The molecule has 0 radical (unpaired) electrons. The van der Waals surface area contributed by atoms with Crippen LogP contribution < -0.4 is 10.6 Å². The van der Waals surface area contributed by atoms with Crippen LogP contribution in [0.25, 0.3) is 0 Å². The zero-order chi connectivity index (χ0) is 11.1. The molecular weight excluding hydrogens is 188 g/mol. The molecule has 0 unspecified atom stereocenters. The number of aliphatic carboxylic acids is 1. The van der Waals surface area contributed by atoms with Crippen molar-refractivity contribution >= 4 is 17.8 Å². The number of likely N-dealkylation sites (N-methyl/N-ethyl adjacent to an activating group) is 1. The Morgan fingerprint density at radius 1 is 1.21 bits per heavy atom. The first-order valence-electron chi connectivity index (χ1n) is 3.87. The molecule has 0 spiro atoms. The summed E-state index contributed by atoms with van der Waals surface area (Å²) >= 11 is 0. The standard InChI is InChI=1S/C8H12N2O4/c1-9-6(11)3-5(8(13)14)4-7(12)10-2/h3H,4H2,1-2H3,(H,9,11)(H,10,12)(H,13,14)/b5-3-. The highest BCUT2D eigenvalue weighted by Gasteiger charge is 2.12. The van der Waals surface area contributed by atoms with E-state index in [1.165, 1.54) is 14.1 Å². The van der Waals surface area contributed by atoms with Crippen molar-refractivity contribution in [1.29, 1.82) is 0 Å². The average molecular weight is 200 g/mol. The van der Waals surface area contributed by atoms with Gasteiger partial charge in [-0.05, 0) is 0 Å². The van der Waals surface area contributed by atoms with Crippen LogP contribution in [0, 0.1) is 0 Å². The molecule has 0 bridgehead atoms. The van der Waals surface area contributed by atoms with E-state index in [2.05, 4.69) is 10.6 Å². The number of carboxylic acid groups (broad SMARTS) is 1. The fraction of sp³-hybridized carbons (Fsp3) is 0.375.